The first-order valence-corrected chi connectivity index (χ1v) is 19.1. The fraction of sp³-hybridized carbons (Fsp3) is 0.111. The van der Waals surface area contributed by atoms with E-state index in [1.807, 2.05) is 19.9 Å². The summed E-state index contributed by atoms with van der Waals surface area (Å²) < 4.78 is 0. The third-order valence-corrected chi connectivity index (χ3v) is 10.0. The van der Waals surface area contributed by atoms with Crippen LogP contribution >= 0.6 is 0 Å². The molecular weight excluding hydrogens is 649 g/mol. The molecule has 0 atom stereocenters. The molecule has 0 aromatic heterocycles. The summed E-state index contributed by atoms with van der Waals surface area (Å²) in [6.07, 6.45) is 13.3. The summed E-state index contributed by atoms with van der Waals surface area (Å²) in [5.74, 6) is 0. The Morgan fingerprint density at radius 2 is 1.09 bits per heavy atom. The fourth-order valence-corrected chi connectivity index (χ4v) is 7.04. The van der Waals surface area contributed by atoms with Gasteiger partial charge in [-0.2, -0.15) is 0 Å². The summed E-state index contributed by atoms with van der Waals surface area (Å²) in [6.45, 7) is 17.2. The van der Waals surface area contributed by atoms with Crippen LogP contribution in [0.1, 0.15) is 50.3 Å². The molecule has 0 radical (unpaired) electrons. The van der Waals surface area contributed by atoms with Gasteiger partial charge in [0.15, 0.2) is 0 Å². The van der Waals surface area contributed by atoms with Crippen LogP contribution in [0.2, 0.25) is 0 Å². The van der Waals surface area contributed by atoms with E-state index in [4.69, 9.17) is 0 Å². The predicted molar refractivity (Wildman–Crippen MR) is 237 cm³/mol. The number of hydrogen-bond donors (Lipinski definition) is 0. The van der Waals surface area contributed by atoms with E-state index in [1.54, 1.807) is 0 Å². The Morgan fingerprint density at radius 1 is 0.556 bits per heavy atom. The van der Waals surface area contributed by atoms with Crippen molar-refractivity contribution in [2.75, 3.05) is 0 Å². The topological polar surface area (TPSA) is 0 Å². The van der Waals surface area contributed by atoms with E-state index < -0.39 is 0 Å². The second-order valence-corrected chi connectivity index (χ2v) is 13.5. The minimum Gasteiger partial charge on any atom is -0.0912 e. The smallest absolute Gasteiger partial charge is 0.0143 e. The highest BCUT2D eigenvalue weighted by Gasteiger charge is 2.17. The van der Waals surface area contributed by atoms with Gasteiger partial charge in [0.2, 0.25) is 0 Å². The van der Waals surface area contributed by atoms with E-state index in [9.17, 15) is 0 Å². The first-order chi connectivity index (χ1) is 26.5. The van der Waals surface area contributed by atoms with Crippen LogP contribution in [-0.4, -0.2) is 0 Å². The molecule has 0 unspecified atom stereocenters. The van der Waals surface area contributed by atoms with Crippen molar-refractivity contribution < 1.29 is 0 Å². The average Bonchev–Trinajstić information content (AvgIpc) is 3.24. The Morgan fingerprint density at radius 3 is 1.72 bits per heavy atom. The molecule has 7 rings (SSSR count). The van der Waals surface area contributed by atoms with Crippen molar-refractivity contribution in [1.29, 1.82) is 0 Å². The zero-order valence-corrected chi connectivity index (χ0v) is 32.1. The van der Waals surface area contributed by atoms with Crippen LogP contribution in [0.25, 0.3) is 57.2 Å². The first kappa shape index (κ1) is 37.5. The highest BCUT2D eigenvalue weighted by atomic mass is 14.2. The van der Waals surface area contributed by atoms with Crippen molar-refractivity contribution in [3.8, 4) is 33.4 Å². The van der Waals surface area contributed by atoms with Gasteiger partial charge in [0.05, 0.1) is 0 Å². The molecular formula is C54H50. The molecule has 0 fully saturated rings. The van der Waals surface area contributed by atoms with E-state index >= 15 is 0 Å². The van der Waals surface area contributed by atoms with Crippen LogP contribution in [0.3, 0.4) is 0 Å². The third-order valence-electron chi connectivity index (χ3n) is 10.0. The maximum Gasteiger partial charge on any atom is -0.0143 e. The molecule has 0 spiro atoms. The van der Waals surface area contributed by atoms with Crippen molar-refractivity contribution in [2.45, 2.75) is 40.5 Å². The Balaban J connectivity index is 0.00000245. The highest BCUT2D eigenvalue weighted by molar-refractivity contribution is 5.92. The van der Waals surface area contributed by atoms with Crippen LogP contribution in [0.5, 0.6) is 0 Å². The summed E-state index contributed by atoms with van der Waals surface area (Å²) in [4.78, 5) is 0. The molecule has 266 valence electrons. The molecule has 0 heteroatoms. The average molecular weight is 699 g/mol. The van der Waals surface area contributed by atoms with Gasteiger partial charge in [0.25, 0.3) is 0 Å². The zero-order chi connectivity index (χ0) is 37.9. The van der Waals surface area contributed by atoms with Gasteiger partial charge in [-0.05, 0) is 145 Å². The molecule has 0 saturated carbocycles. The van der Waals surface area contributed by atoms with Crippen molar-refractivity contribution >= 4 is 23.8 Å². The second-order valence-electron chi connectivity index (χ2n) is 13.5. The fourth-order valence-electron chi connectivity index (χ4n) is 7.04. The Kier molecular flexibility index (Phi) is 12.5. The molecule has 0 amide bonds. The maximum atomic E-state index is 4.65. The van der Waals surface area contributed by atoms with Crippen LogP contribution in [0.4, 0.5) is 0 Å². The standard InChI is InChI=1S/C52H44.C2H6/c1-5-40(33-45-21-13-12-16-37(45)2)43-28-30-44(31-29-43)52(32-39(4)46-22-14-23-47(34-46)41-17-8-6-9-18-41)51-36-50(27-26-38(51)3)49-25-15-24-48(35-49)42-19-10-7-11-20-42;1-2/h5-28,30,32-36H,2,4,29,31H2,1,3H3;1-2H3/b40-5+,45-33-,52-32-;. The molecule has 0 aliphatic heterocycles. The van der Waals surface area contributed by atoms with Gasteiger partial charge in [0.1, 0.15) is 0 Å². The van der Waals surface area contributed by atoms with Gasteiger partial charge in [-0.3, -0.25) is 0 Å². The summed E-state index contributed by atoms with van der Waals surface area (Å²) >= 11 is 0. The van der Waals surface area contributed by atoms with E-state index in [-0.39, 0.29) is 0 Å². The summed E-state index contributed by atoms with van der Waals surface area (Å²) in [5.41, 5.74) is 16.9. The summed E-state index contributed by atoms with van der Waals surface area (Å²) in [6, 6.07) is 54.0. The maximum absolute atomic E-state index is 4.65. The van der Waals surface area contributed by atoms with E-state index in [1.165, 1.54) is 66.8 Å². The van der Waals surface area contributed by atoms with Gasteiger partial charge in [-0.25, -0.2) is 0 Å². The predicted octanol–water partition coefficient (Wildman–Crippen LogP) is 13.6. The van der Waals surface area contributed by atoms with Crippen molar-refractivity contribution in [3.63, 3.8) is 0 Å². The molecule has 0 bridgehead atoms. The largest absolute Gasteiger partial charge is 0.0912 e. The number of hydrogen-bond acceptors (Lipinski definition) is 0. The monoisotopic (exact) mass is 698 g/mol. The van der Waals surface area contributed by atoms with Gasteiger partial charge in [0, 0.05) is 0 Å². The van der Waals surface area contributed by atoms with Crippen molar-refractivity contribution in [3.05, 3.63) is 226 Å². The van der Waals surface area contributed by atoms with Gasteiger partial charge >= 0.3 is 0 Å². The highest BCUT2D eigenvalue weighted by Crippen LogP contribution is 2.38. The van der Waals surface area contributed by atoms with E-state index in [0.717, 1.165) is 34.4 Å². The minimum atomic E-state index is 0.930. The molecule has 0 nitrogen and oxygen atoms in total. The number of aryl methyl sites for hydroxylation is 1. The zero-order valence-electron chi connectivity index (χ0n) is 32.1. The first-order valence-electron chi connectivity index (χ1n) is 19.1. The Labute approximate surface area is 322 Å². The molecule has 0 saturated heterocycles. The molecule has 0 heterocycles. The van der Waals surface area contributed by atoms with E-state index in [0.29, 0.717) is 0 Å². The van der Waals surface area contributed by atoms with Crippen LogP contribution in [0, 0.1) is 6.92 Å². The Bertz CT molecular complexity index is 2480. The van der Waals surface area contributed by atoms with Crippen LogP contribution in [0.15, 0.2) is 199 Å². The molecule has 1 aliphatic rings. The van der Waals surface area contributed by atoms with Gasteiger partial charge in [-0.15, -0.1) is 0 Å². The van der Waals surface area contributed by atoms with Crippen molar-refractivity contribution in [1.82, 2.24) is 0 Å². The van der Waals surface area contributed by atoms with Crippen molar-refractivity contribution in [2.24, 2.45) is 0 Å². The lowest BCUT2D eigenvalue weighted by Gasteiger charge is -2.21. The van der Waals surface area contributed by atoms with E-state index in [2.05, 4.69) is 203 Å². The lowest BCUT2D eigenvalue weighted by atomic mass is 9.83. The second kappa shape index (κ2) is 18.0. The lowest BCUT2D eigenvalue weighted by molar-refractivity contribution is 0.948. The number of benzene rings is 6. The lowest BCUT2D eigenvalue weighted by Crippen LogP contribution is -2.22. The van der Waals surface area contributed by atoms with Gasteiger partial charge < -0.3 is 0 Å². The SMILES string of the molecule is C=C(/C=C(/C1=CC=C(C(/C=c2/ccccc2=C)=C/C)CC1)c1cc(-c2cccc(-c3ccccc3)c2)ccc1C)c1cccc(-c2ccccc2)c1.CC. The minimum absolute atomic E-state index is 0.930. The normalized spacial score (nSPS) is 13.4. The molecule has 0 N–H and O–H groups in total. The molecule has 54 heavy (non-hydrogen) atoms. The Hall–Kier alpha value is -6.24. The summed E-state index contributed by atoms with van der Waals surface area (Å²) in [7, 11) is 0. The number of allylic oxidation sites excluding steroid dienone is 9. The van der Waals surface area contributed by atoms with Crippen LogP contribution in [-0.2, 0) is 0 Å². The quantitative estimate of drug-likeness (QED) is 0.132. The third kappa shape index (κ3) is 8.85. The molecule has 1 aliphatic carbocycles. The van der Waals surface area contributed by atoms with Gasteiger partial charge in [-0.1, -0.05) is 179 Å². The molecule has 6 aromatic carbocycles. The van der Waals surface area contributed by atoms with Crippen LogP contribution < -0.4 is 10.4 Å². The molecule has 6 aromatic rings. The summed E-state index contributed by atoms with van der Waals surface area (Å²) in [5, 5.41) is 2.20. The number of rotatable bonds is 9.